The summed E-state index contributed by atoms with van der Waals surface area (Å²) in [6.07, 6.45) is 0. The van der Waals surface area contributed by atoms with Crippen molar-refractivity contribution >= 4 is 5.97 Å². The second-order valence-electron chi connectivity index (χ2n) is 5.07. The van der Waals surface area contributed by atoms with Gasteiger partial charge in [-0.05, 0) is 33.3 Å². The quantitative estimate of drug-likeness (QED) is 0.779. The predicted molar refractivity (Wildman–Crippen MR) is 63.8 cm³/mol. The van der Waals surface area contributed by atoms with Crippen LogP contribution in [0.3, 0.4) is 0 Å². The van der Waals surface area contributed by atoms with E-state index in [-0.39, 0.29) is 0 Å². The Morgan fingerprint density at radius 2 is 1.62 bits per heavy atom. The van der Waals surface area contributed by atoms with Crippen molar-refractivity contribution in [1.82, 2.24) is 0 Å². The molecule has 1 rings (SSSR count). The average molecular weight is 221 g/mol. The lowest BCUT2D eigenvalue weighted by atomic mass is 9.93. The van der Waals surface area contributed by atoms with Gasteiger partial charge < -0.3 is 10.5 Å². The Bertz CT molecular complexity index is 363. The lowest BCUT2D eigenvalue weighted by molar-refractivity contribution is -0.161. The molecule has 88 valence electrons. The molecular weight excluding hydrogens is 202 g/mol. The van der Waals surface area contributed by atoms with Crippen molar-refractivity contribution in [3.63, 3.8) is 0 Å². The summed E-state index contributed by atoms with van der Waals surface area (Å²) in [6.45, 7) is 7.14. The van der Waals surface area contributed by atoms with Gasteiger partial charge in [-0.15, -0.1) is 0 Å². The van der Waals surface area contributed by atoms with Gasteiger partial charge in [0.05, 0.1) is 0 Å². The van der Waals surface area contributed by atoms with Crippen molar-refractivity contribution in [2.75, 3.05) is 0 Å². The summed E-state index contributed by atoms with van der Waals surface area (Å²) >= 11 is 0. The van der Waals surface area contributed by atoms with E-state index in [9.17, 15) is 4.79 Å². The maximum Gasteiger partial charge on any atom is 0.331 e. The van der Waals surface area contributed by atoms with Gasteiger partial charge in [0, 0.05) is 0 Å². The summed E-state index contributed by atoms with van der Waals surface area (Å²) in [7, 11) is 0. The van der Waals surface area contributed by atoms with Crippen LogP contribution < -0.4 is 5.73 Å². The Morgan fingerprint density at radius 1 is 1.12 bits per heavy atom. The second-order valence-corrected chi connectivity index (χ2v) is 5.07. The molecule has 0 aliphatic carbocycles. The summed E-state index contributed by atoms with van der Waals surface area (Å²) in [5, 5.41) is 0. The standard InChI is InChI=1S/C13H19NO2/c1-12(2,3)16-11(15)13(4,14)10-8-6-5-7-9-10/h5-9H,14H2,1-4H3. The predicted octanol–water partition coefficient (Wildman–Crippen LogP) is 2.20. The van der Waals surface area contributed by atoms with Crippen molar-refractivity contribution in [2.45, 2.75) is 38.8 Å². The van der Waals surface area contributed by atoms with E-state index in [1.807, 2.05) is 51.1 Å². The summed E-state index contributed by atoms with van der Waals surface area (Å²) < 4.78 is 5.29. The van der Waals surface area contributed by atoms with Crippen LogP contribution in [0, 0.1) is 0 Å². The number of hydrogen-bond donors (Lipinski definition) is 1. The fraction of sp³-hybridized carbons (Fsp3) is 0.462. The van der Waals surface area contributed by atoms with E-state index in [0.29, 0.717) is 0 Å². The minimum atomic E-state index is -1.10. The zero-order valence-electron chi connectivity index (χ0n) is 10.3. The van der Waals surface area contributed by atoms with Crippen molar-refractivity contribution in [1.29, 1.82) is 0 Å². The number of carbonyl (C=O) groups is 1. The molecule has 0 radical (unpaired) electrons. The van der Waals surface area contributed by atoms with Crippen LogP contribution in [0.1, 0.15) is 33.3 Å². The number of ether oxygens (including phenoxy) is 1. The molecule has 1 aromatic carbocycles. The zero-order valence-corrected chi connectivity index (χ0v) is 10.3. The maximum absolute atomic E-state index is 11.9. The van der Waals surface area contributed by atoms with Crippen molar-refractivity contribution in [3.8, 4) is 0 Å². The largest absolute Gasteiger partial charge is 0.458 e. The number of carbonyl (C=O) groups excluding carboxylic acids is 1. The SMILES string of the molecule is CC(C)(C)OC(=O)C(C)(N)c1ccccc1. The van der Waals surface area contributed by atoms with Gasteiger partial charge in [0.25, 0.3) is 0 Å². The van der Waals surface area contributed by atoms with Gasteiger partial charge in [0.2, 0.25) is 0 Å². The number of esters is 1. The van der Waals surface area contributed by atoms with Gasteiger partial charge in [-0.1, -0.05) is 30.3 Å². The Hall–Kier alpha value is -1.35. The molecule has 0 amide bonds. The fourth-order valence-electron chi connectivity index (χ4n) is 1.29. The maximum atomic E-state index is 11.9. The molecule has 3 heteroatoms. The highest BCUT2D eigenvalue weighted by atomic mass is 16.6. The van der Waals surface area contributed by atoms with Crippen LogP contribution in [0.25, 0.3) is 0 Å². The first-order valence-electron chi connectivity index (χ1n) is 5.31. The van der Waals surface area contributed by atoms with Crippen LogP contribution >= 0.6 is 0 Å². The fourth-order valence-corrected chi connectivity index (χ4v) is 1.29. The summed E-state index contributed by atoms with van der Waals surface area (Å²) in [5.41, 5.74) is 5.14. The highest BCUT2D eigenvalue weighted by Gasteiger charge is 2.34. The van der Waals surface area contributed by atoms with Gasteiger partial charge in [0.1, 0.15) is 11.1 Å². The van der Waals surface area contributed by atoms with Crippen molar-refractivity contribution in [2.24, 2.45) is 5.73 Å². The van der Waals surface area contributed by atoms with Crippen molar-refractivity contribution in [3.05, 3.63) is 35.9 Å². The average Bonchev–Trinajstić information content (AvgIpc) is 2.16. The second kappa shape index (κ2) is 4.26. The molecular formula is C13H19NO2. The van der Waals surface area contributed by atoms with E-state index >= 15 is 0 Å². The van der Waals surface area contributed by atoms with Crippen LogP contribution in [-0.4, -0.2) is 11.6 Å². The summed E-state index contributed by atoms with van der Waals surface area (Å²) in [4.78, 5) is 11.9. The molecule has 16 heavy (non-hydrogen) atoms. The van der Waals surface area contributed by atoms with Gasteiger partial charge in [-0.2, -0.15) is 0 Å². The number of rotatable bonds is 2. The lowest BCUT2D eigenvalue weighted by Gasteiger charge is -2.28. The lowest BCUT2D eigenvalue weighted by Crippen LogP contribution is -2.45. The van der Waals surface area contributed by atoms with Gasteiger partial charge in [-0.25, -0.2) is 4.79 Å². The van der Waals surface area contributed by atoms with Crippen LogP contribution in [-0.2, 0) is 15.1 Å². The highest BCUT2D eigenvalue weighted by Crippen LogP contribution is 2.21. The molecule has 1 unspecified atom stereocenters. The van der Waals surface area contributed by atoms with E-state index in [2.05, 4.69) is 0 Å². The molecule has 0 heterocycles. The Labute approximate surface area is 96.6 Å². The molecule has 0 bridgehead atoms. The first-order valence-corrected chi connectivity index (χ1v) is 5.31. The molecule has 1 atom stereocenters. The minimum Gasteiger partial charge on any atom is -0.458 e. The molecule has 0 aromatic heterocycles. The number of hydrogen-bond acceptors (Lipinski definition) is 3. The molecule has 0 spiro atoms. The van der Waals surface area contributed by atoms with Gasteiger partial charge in [0.15, 0.2) is 0 Å². The van der Waals surface area contributed by atoms with Gasteiger partial charge >= 0.3 is 5.97 Å². The van der Waals surface area contributed by atoms with E-state index in [1.165, 1.54) is 0 Å². The monoisotopic (exact) mass is 221 g/mol. The van der Waals surface area contributed by atoms with Crippen LogP contribution in [0.4, 0.5) is 0 Å². The van der Waals surface area contributed by atoms with Gasteiger partial charge in [-0.3, -0.25) is 0 Å². The molecule has 0 aliphatic rings. The number of benzene rings is 1. The van der Waals surface area contributed by atoms with E-state index < -0.39 is 17.1 Å². The normalized spacial score (nSPS) is 15.3. The van der Waals surface area contributed by atoms with Crippen molar-refractivity contribution < 1.29 is 9.53 Å². The summed E-state index contributed by atoms with van der Waals surface area (Å²) in [5.74, 6) is -0.411. The zero-order chi connectivity index (χ0) is 12.4. The molecule has 0 saturated carbocycles. The van der Waals surface area contributed by atoms with Crippen LogP contribution in [0.5, 0.6) is 0 Å². The third-order valence-electron chi connectivity index (χ3n) is 2.20. The topological polar surface area (TPSA) is 52.3 Å². The Morgan fingerprint density at radius 3 is 2.06 bits per heavy atom. The third-order valence-corrected chi connectivity index (χ3v) is 2.20. The first-order chi connectivity index (χ1) is 7.23. The first kappa shape index (κ1) is 12.7. The molecule has 0 fully saturated rings. The molecule has 3 nitrogen and oxygen atoms in total. The van der Waals surface area contributed by atoms with E-state index in [0.717, 1.165) is 5.56 Å². The van der Waals surface area contributed by atoms with Crippen LogP contribution in [0.15, 0.2) is 30.3 Å². The molecule has 1 aromatic rings. The Kier molecular flexibility index (Phi) is 3.38. The summed E-state index contributed by atoms with van der Waals surface area (Å²) in [6, 6.07) is 9.23. The van der Waals surface area contributed by atoms with E-state index in [4.69, 9.17) is 10.5 Å². The molecule has 0 saturated heterocycles. The highest BCUT2D eigenvalue weighted by molar-refractivity contribution is 5.82. The smallest absolute Gasteiger partial charge is 0.331 e. The molecule has 2 N–H and O–H groups in total. The number of nitrogens with two attached hydrogens (primary N) is 1. The minimum absolute atomic E-state index is 0.411. The third kappa shape index (κ3) is 3.07. The molecule has 0 aliphatic heterocycles. The van der Waals surface area contributed by atoms with Crippen LogP contribution in [0.2, 0.25) is 0 Å². The van der Waals surface area contributed by atoms with E-state index in [1.54, 1.807) is 6.92 Å². The Balaban J connectivity index is 2.90.